The third kappa shape index (κ3) is 3.90. The van der Waals surface area contributed by atoms with E-state index in [0.717, 1.165) is 38.1 Å². The molecule has 1 saturated carbocycles. The molecule has 0 aromatic heterocycles. The van der Waals surface area contributed by atoms with Crippen molar-refractivity contribution >= 4 is 23.2 Å². The molecule has 130 valence electrons. The maximum absolute atomic E-state index is 13.5. The number of anilines is 2. The molecule has 1 saturated heterocycles. The molecule has 0 atom stereocenters. The standard InChI is InChI=1S/C17H21F2N3O2/c1-10(23)20-15-8-13(18)14(19)9-16(15)21-17(24)11-4-6-22(7-5-11)12-2-3-12/h8-9,11-12H,2-7H2,1H3,(H,20,23)(H,21,24). The van der Waals surface area contributed by atoms with Crippen LogP contribution in [0.4, 0.5) is 20.2 Å². The summed E-state index contributed by atoms with van der Waals surface area (Å²) in [6.07, 6.45) is 3.99. The van der Waals surface area contributed by atoms with E-state index in [1.54, 1.807) is 0 Å². The molecule has 2 N–H and O–H groups in total. The molecule has 0 bridgehead atoms. The largest absolute Gasteiger partial charge is 0.324 e. The van der Waals surface area contributed by atoms with Gasteiger partial charge < -0.3 is 15.5 Å². The third-order valence-corrected chi connectivity index (χ3v) is 4.59. The SMILES string of the molecule is CC(=O)Nc1cc(F)c(F)cc1NC(=O)C1CCN(C2CC2)CC1. The highest BCUT2D eigenvalue weighted by Gasteiger charge is 2.33. The Bertz CT molecular complexity index is 653. The summed E-state index contributed by atoms with van der Waals surface area (Å²) in [4.78, 5) is 26.1. The Hall–Kier alpha value is -2.02. The summed E-state index contributed by atoms with van der Waals surface area (Å²) in [5.74, 6) is -2.94. The number of nitrogens with zero attached hydrogens (tertiary/aromatic N) is 1. The van der Waals surface area contributed by atoms with Crippen molar-refractivity contribution in [3.8, 4) is 0 Å². The number of nitrogens with one attached hydrogen (secondary N) is 2. The molecule has 1 aliphatic carbocycles. The zero-order chi connectivity index (χ0) is 17.3. The van der Waals surface area contributed by atoms with Crippen LogP contribution in [0.15, 0.2) is 12.1 Å². The molecule has 2 aliphatic rings. The second kappa shape index (κ2) is 6.84. The van der Waals surface area contributed by atoms with E-state index in [1.165, 1.54) is 19.8 Å². The Balaban J connectivity index is 1.67. The molecule has 24 heavy (non-hydrogen) atoms. The van der Waals surface area contributed by atoms with Crippen molar-refractivity contribution in [3.63, 3.8) is 0 Å². The minimum absolute atomic E-state index is 0.0603. The molecule has 1 heterocycles. The van der Waals surface area contributed by atoms with Gasteiger partial charge in [0.15, 0.2) is 11.6 Å². The van der Waals surface area contributed by atoms with E-state index >= 15 is 0 Å². The minimum atomic E-state index is -1.07. The first-order valence-electron chi connectivity index (χ1n) is 8.25. The molecule has 3 rings (SSSR count). The highest BCUT2D eigenvalue weighted by Crippen LogP contribution is 2.32. The highest BCUT2D eigenvalue weighted by atomic mass is 19.2. The molecular weight excluding hydrogens is 316 g/mol. The summed E-state index contributed by atoms with van der Waals surface area (Å²) in [7, 11) is 0. The summed E-state index contributed by atoms with van der Waals surface area (Å²) >= 11 is 0. The van der Waals surface area contributed by atoms with Gasteiger partial charge >= 0.3 is 0 Å². The summed E-state index contributed by atoms with van der Waals surface area (Å²) < 4.78 is 26.9. The number of rotatable bonds is 4. The molecule has 0 unspecified atom stereocenters. The smallest absolute Gasteiger partial charge is 0.227 e. The van der Waals surface area contributed by atoms with E-state index in [4.69, 9.17) is 0 Å². The Kier molecular flexibility index (Phi) is 4.80. The van der Waals surface area contributed by atoms with Crippen LogP contribution in [0.1, 0.15) is 32.6 Å². The molecule has 0 radical (unpaired) electrons. The second-order valence-corrected chi connectivity index (χ2v) is 6.52. The lowest BCUT2D eigenvalue weighted by atomic mass is 9.95. The first-order chi connectivity index (χ1) is 11.4. The molecule has 2 amide bonds. The monoisotopic (exact) mass is 337 g/mol. The van der Waals surface area contributed by atoms with Gasteiger partial charge in [0.2, 0.25) is 11.8 Å². The van der Waals surface area contributed by atoms with Crippen molar-refractivity contribution < 1.29 is 18.4 Å². The quantitative estimate of drug-likeness (QED) is 0.888. The molecule has 0 spiro atoms. The number of benzene rings is 1. The molecule has 5 nitrogen and oxygen atoms in total. The number of hydrogen-bond donors (Lipinski definition) is 2. The van der Waals surface area contributed by atoms with Crippen molar-refractivity contribution in [1.29, 1.82) is 0 Å². The normalized spacial score (nSPS) is 19.1. The lowest BCUT2D eigenvalue weighted by molar-refractivity contribution is -0.121. The molecule has 1 aromatic carbocycles. The van der Waals surface area contributed by atoms with Gasteiger partial charge in [-0.3, -0.25) is 9.59 Å². The predicted octanol–water partition coefficient (Wildman–Crippen LogP) is 2.74. The summed E-state index contributed by atoms with van der Waals surface area (Å²) in [5, 5.41) is 5.05. The van der Waals surface area contributed by atoms with Crippen LogP contribution in [0, 0.1) is 17.6 Å². The fraction of sp³-hybridized carbons (Fsp3) is 0.529. The number of amides is 2. The number of carbonyl (C=O) groups excluding carboxylic acids is 2. The second-order valence-electron chi connectivity index (χ2n) is 6.52. The van der Waals surface area contributed by atoms with E-state index < -0.39 is 17.5 Å². The fourth-order valence-corrected chi connectivity index (χ4v) is 3.14. The summed E-state index contributed by atoms with van der Waals surface area (Å²) in [5.41, 5.74) is 0.142. The van der Waals surface area contributed by atoms with Crippen molar-refractivity contribution in [2.75, 3.05) is 23.7 Å². The first kappa shape index (κ1) is 16.8. The summed E-state index contributed by atoms with van der Waals surface area (Å²) in [6.45, 7) is 3.04. The average molecular weight is 337 g/mol. The van der Waals surface area contributed by atoms with Gasteiger partial charge in [-0.1, -0.05) is 0 Å². The van der Waals surface area contributed by atoms with Crippen LogP contribution in [-0.4, -0.2) is 35.8 Å². The van der Waals surface area contributed by atoms with Crippen LogP contribution in [0.2, 0.25) is 0 Å². The Morgan fingerprint density at radius 3 is 2.04 bits per heavy atom. The van der Waals surface area contributed by atoms with E-state index in [0.29, 0.717) is 6.04 Å². The van der Waals surface area contributed by atoms with Gasteiger partial charge in [-0.05, 0) is 38.8 Å². The Labute approximate surface area is 139 Å². The van der Waals surface area contributed by atoms with Crippen LogP contribution in [0.25, 0.3) is 0 Å². The van der Waals surface area contributed by atoms with Crippen LogP contribution in [0.3, 0.4) is 0 Å². The van der Waals surface area contributed by atoms with Gasteiger partial charge in [0.25, 0.3) is 0 Å². The van der Waals surface area contributed by atoms with Gasteiger partial charge in [0.1, 0.15) is 0 Å². The molecule has 1 aromatic rings. The van der Waals surface area contributed by atoms with Gasteiger partial charge in [-0.25, -0.2) is 8.78 Å². The lowest BCUT2D eigenvalue weighted by Crippen LogP contribution is -2.39. The molecule has 2 fully saturated rings. The van der Waals surface area contributed by atoms with Crippen molar-refractivity contribution in [2.24, 2.45) is 5.92 Å². The topological polar surface area (TPSA) is 61.4 Å². The molecule has 1 aliphatic heterocycles. The fourth-order valence-electron chi connectivity index (χ4n) is 3.14. The zero-order valence-corrected chi connectivity index (χ0v) is 13.6. The average Bonchev–Trinajstić information content (AvgIpc) is 3.36. The van der Waals surface area contributed by atoms with Crippen LogP contribution in [-0.2, 0) is 9.59 Å². The highest BCUT2D eigenvalue weighted by molar-refractivity contribution is 5.99. The Morgan fingerprint density at radius 1 is 1.00 bits per heavy atom. The van der Waals surface area contributed by atoms with Crippen LogP contribution >= 0.6 is 0 Å². The molecular formula is C17H21F2N3O2. The number of likely N-dealkylation sites (tertiary alicyclic amines) is 1. The Morgan fingerprint density at radius 2 is 1.54 bits per heavy atom. The van der Waals surface area contributed by atoms with Crippen LogP contribution < -0.4 is 10.6 Å². The van der Waals surface area contributed by atoms with Crippen LogP contribution in [0.5, 0.6) is 0 Å². The van der Waals surface area contributed by atoms with Crippen molar-refractivity contribution in [1.82, 2.24) is 4.90 Å². The minimum Gasteiger partial charge on any atom is -0.324 e. The van der Waals surface area contributed by atoms with Crippen molar-refractivity contribution in [2.45, 2.75) is 38.6 Å². The van der Waals surface area contributed by atoms with E-state index in [-0.39, 0.29) is 23.2 Å². The maximum Gasteiger partial charge on any atom is 0.227 e. The maximum atomic E-state index is 13.5. The number of hydrogen-bond acceptors (Lipinski definition) is 3. The number of halogens is 2. The zero-order valence-electron chi connectivity index (χ0n) is 13.6. The molecule has 7 heteroatoms. The van der Waals surface area contributed by atoms with Gasteiger partial charge in [-0.2, -0.15) is 0 Å². The van der Waals surface area contributed by atoms with Gasteiger partial charge in [-0.15, -0.1) is 0 Å². The number of piperidine rings is 1. The van der Waals surface area contributed by atoms with Gasteiger partial charge in [0.05, 0.1) is 11.4 Å². The van der Waals surface area contributed by atoms with E-state index in [2.05, 4.69) is 15.5 Å². The van der Waals surface area contributed by atoms with E-state index in [9.17, 15) is 18.4 Å². The third-order valence-electron chi connectivity index (χ3n) is 4.59. The van der Waals surface area contributed by atoms with E-state index in [1.807, 2.05) is 0 Å². The van der Waals surface area contributed by atoms with Crippen molar-refractivity contribution in [3.05, 3.63) is 23.8 Å². The first-order valence-corrected chi connectivity index (χ1v) is 8.25. The van der Waals surface area contributed by atoms with Gasteiger partial charge in [0, 0.05) is 31.0 Å². The lowest BCUT2D eigenvalue weighted by Gasteiger charge is -2.31. The summed E-state index contributed by atoms with van der Waals surface area (Å²) in [6, 6.07) is 2.46. The predicted molar refractivity (Wildman–Crippen MR) is 86.6 cm³/mol. The number of carbonyl (C=O) groups is 2.